The number of alkyl halides is 2. The molecule has 0 aliphatic carbocycles. The van der Waals surface area contributed by atoms with Crippen LogP contribution in [-0.4, -0.2) is 15.9 Å². The highest BCUT2D eigenvalue weighted by Crippen LogP contribution is 2.22. The van der Waals surface area contributed by atoms with Gasteiger partial charge in [0.2, 0.25) is 0 Å². The van der Waals surface area contributed by atoms with Gasteiger partial charge in [-0.1, -0.05) is 12.1 Å². The Balaban J connectivity index is 2.65. The van der Waals surface area contributed by atoms with E-state index in [-0.39, 0.29) is 16.5 Å². The van der Waals surface area contributed by atoms with E-state index in [0.717, 1.165) is 5.56 Å². The summed E-state index contributed by atoms with van der Waals surface area (Å²) in [5.41, 5.74) is 0.860. The summed E-state index contributed by atoms with van der Waals surface area (Å²) < 4.78 is 42.8. The number of nitrogens with one attached hydrogen (secondary N) is 1. The average Bonchev–Trinajstić information content (AvgIpc) is 2.27. The van der Waals surface area contributed by atoms with Crippen LogP contribution in [0.5, 0.6) is 5.75 Å². The molecule has 0 aromatic heterocycles. The van der Waals surface area contributed by atoms with Crippen molar-refractivity contribution in [2.75, 3.05) is 0 Å². The van der Waals surface area contributed by atoms with Gasteiger partial charge < -0.3 is 9.29 Å². The van der Waals surface area contributed by atoms with E-state index in [0.29, 0.717) is 0 Å². The maximum Gasteiger partial charge on any atom is 0.387 e. The fourth-order valence-electron chi connectivity index (χ4n) is 1.34. The summed E-state index contributed by atoms with van der Waals surface area (Å²) in [5, 5.41) is 0. The lowest BCUT2D eigenvalue weighted by molar-refractivity contribution is -0.0498. The molecule has 0 aliphatic rings. The third kappa shape index (κ3) is 5.34. The summed E-state index contributed by atoms with van der Waals surface area (Å²) in [7, 11) is 0. The summed E-state index contributed by atoms with van der Waals surface area (Å²) >= 11 is -1.18. The highest BCUT2D eigenvalue weighted by atomic mass is 32.2. The zero-order chi connectivity index (χ0) is 14.6. The molecule has 1 rings (SSSR count). The zero-order valence-electron chi connectivity index (χ0n) is 11.4. The Morgan fingerprint density at radius 2 is 1.74 bits per heavy atom. The first-order valence-electron chi connectivity index (χ1n) is 5.93. The summed E-state index contributed by atoms with van der Waals surface area (Å²) in [5.74, 6) is 0.114. The highest BCUT2D eigenvalue weighted by molar-refractivity contribution is 7.90. The van der Waals surface area contributed by atoms with Crippen LogP contribution in [0.1, 0.15) is 39.3 Å². The predicted octanol–water partition coefficient (Wildman–Crippen LogP) is 3.40. The fourth-order valence-corrected chi connectivity index (χ4v) is 2.15. The first-order chi connectivity index (χ1) is 8.70. The molecule has 0 saturated carbocycles. The van der Waals surface area contributed by atoms with Crippen LogP contribution < -0.4 is 9.46 Å². The minimum absolute atomic E-state index is 0.114. The van der Waals surface area contributed by atoms with Crippen LogP contribution in [-0.2, 0) is 11.4 Å². The first-order valence-corrected chi connectivity index (χ1v) is 7.08. The maximum absolute atomic E-state index is 12.0. The molecule has 0 heterocycles. The summed E-state index contributed by atoms with van der Waals surface area (Å²) in [4.78, 5) is 0. The van der Waals surface area contributed by atoms with Crippen LogP contribution in [0.25, 0.3) is 0 Å². The maximum atomic E-state index is 12.0. The van der Waals surface area contributed by atoms with Crippen LogP contribution in [0.3, 0.4) is 0 Å². The molecule has 1 aromatic carbocycles. The van der Waals surface area contributed by atoms with Crippen LogP contribution in [0.15, 0.2) is 24.3 Å². The van der Waals surface area contributed by atoms with Crippen molar-refractivity contribution < 1.29 is 18.1 Å². The van der Waals surface area contributed by atoms with E-state index in [9.17, 15) is 13.3 Å². The number of halogens is 2. The molecule has 0 spiro atoms. The number of hydrogen-bond acceptors (Lipinski definition) is 3. The normalized spacial score (nSPS) is 15.4. The zero-order valence-corrected chi connectivity index (χ0v) is 12.3. The van der Waals surface area contributed by atoms with Gasteiger partial charge in [0.1, 0.15) is 10.5 Å². The molecular formula is C13H19F2NO2S. The SMILES string of the molecule is C[C@H](N[S@+]([O-])C(C)(C)C)c1ccc(OC(F)F)cc1. The molecule has 0 unspecified atom stereocenters. The molecule has 1 aromatic rings. The van der Waals surface area contributed by atoms with Crippen molar-refractivity contribution in [3.8, 4) is 5.75 Å². The molecule has 6 heteroatoms. The second kappa shape index (κ2) is 6.54. The number of benzene rings is 1. The Labute approximate surface area is 115 Å². The summed E-state index contributed by atoms with van der Waals surface area (Å²) in [6, 6.07) is 6.16. The molecule has 0 aliphatic heterocycles. The van der Waals surface area contributed by atoms with Crippen molar-refractivity contribution in [1.82, 2.24) is 4.72 Å². The number of ether oxygens (including phenoxy) is 1. The molecule has 1 N–H and O–H groups in total. The Bertz CT molecular complexity index is 393. The average molecular weight is 291 g/mol. The van der Waals surface area contributed by atoms with Crippen molar-refractivity contribution >= 4 is 11.4 Å². The Morgan fingerprint density at radius 1 is 1.21 bits per heavy atom. The largest absolute Gasteiger partial charge is 0.598 e. The van der Waals surface area contributed by atoms with E-state index in [1.54, 1.807) is 12.1 Å². The van der Waals surface area contributed by atoms with Crippen molar-refractivity contribution in [3.63, 3.8) is 0 Å². The lowest BCUT2D eigenvalue weighted by Gasteiger charge is -2.26. The molecule has 2 atom stereocenters. The smallest absolute Gasteiger partial charge is 0.387 e. The van der Waals surface area contributed by atoms with Gasteiger partial charge in [0.25, 0.3) is 0 Å². The topological polar surface area (TPSA) is 44.3 Å². The third-order valence-corrected chi connectivity index (χ3v) is 4.13. The molecule has 0 fully saturated rings. The minimum Gasteiger partial charge on any atom is -0.598 e. The van der Waals surface area contributed by atoms with E-state index >= 15 is 0 Å². The van der Waals surface area contributed by atoms with E-state index in [1.165, 1.54) is 12.1 Å². The number of hydrogen-bond donors (Lipinski definition) is 1. The molecule has 0 saturated heterocycles. The molecule has 19 heavy (non-hydrogen) atoms. The molecule has 0 radical (unpaired) electrons. The monoisotopic (exact) mass is 291 g/mol. The van der Waals surface area contributed by atoms with Crippen LogP contribution in [0, 0.1) is 0 Å². The van der Waals surface area contributed by atoms with E-state index < -0.39 is 18.0 Å². The van der Waals surface area contributed by atoms with Crippen molar-refractivity contribution in [3.05, 3.63) is 29.8 Å². The second-order valence-corrected chi connectivity index (χ2v) is 7.17. The lowest BCUT2D eigenvalue weighted by atomic mass is 10.1. The van der Waals surface area contributed by atoms with Crippen molar-refractivity contribution in [1.29, 1.82) is 0 Å². The van der Waals surface area contributed by atoms with Gasteiger partial charge in [-0.25, -0.2) is 0 Å². The molecule has 0 bridgehead atoms. The van der Waals surface area contributed by atoms with Gasteiger partial charge in [-0.2, -0.15) is 8.78 Å². The molecule has 0 amide bonds. The molecule has 108 valence electrons. The van der Waals surface area contributed by atoms with E-state index in [4.69, 9.17) is 0 Å². The fraction of sp³-hybridized carbons (Fsp3) is 0.538. The minimum atomic E-state index is -2.82. The Kier molecular flexibility index (Phi) is 5.58. The Hall–Kier alpha value is -0.850. The number of rotatable bonds is 5. The van der Waals surface area contributed by atoms with Gasteiger partial charge in [-0.3, -0.25) is 0 Å². The van der Waals surface area contributed by atoms with Gasteiger partial charge in [-0.05, 0) is 45.4 Å². The third-order valence-electron chi connectivity index (χ3n) is 2.45. The van der Waals surface area contributed by atoms with Crippen molar-refractivity contribution in [2.24, 2.45) is 0 Å². The quantitative estimate of drug-likeness (QED) is 0.846. The van der Waals surface area contributed by atoms with Crippen LogP contribution in [0.2, 0.25) is 0 Å². The van der Waals surface area contributed by atoms with Gasteiger partial charge in [-0.15, -0.1) is 4.72 Å². The first kappa shape index (κ1) is 16.2. The standard InChI is InChI=1S/C13H19F2NO2S/c1-9(16-19(17)13(2,3)4)10-5-7-11(8-6-10)18-12(14)15/h5-9,12,16H,1-4H3/t9-,19+/m0/s1. The summed E-state index contributed by atoms with van der Waals surface area (Å²) in [6.07, 6.45) is 0. The van der Waals surface area contributed by atoms with Crippen LogP contribution in [0.4, 0.5) is 8.78 Å². The van der Waals surface area contributed by atoms with Crippen molar-refractivity contribution in [2.45, 2.75) is 45.1 Å². The lowest BCUT2D eigenvalue weighted by Crippen LogP contribution is -2.40. The molecule has 3 nitrogen and oxygen atoms in total. The highest BCUT2D eigenvalue weighted by Gasteiger charge is 2.28. The predicted molar refractivity (Wildman–Crippen MR) is 72.5 cm³/mol. The molecular weight excluding hydrogens is 272 g/mol. The Morgan fingerprint density at radius 3 is 2.16 bits per heavy atom. The van der Waals surface area contributed by atoms with E-state index in [2.05, 4.69) is 9.46 Å². The van der Waals surface area contributed by atoms with Gasteiger partial charge in [0.15, 0.2) is 0 Å². The summed E-state index contributed by atoms with van der Waals surface area (Å²) in [6.45, 7) is 4.68. The second-order valence-electron chi connectivity index (χ2n) is 5.17. The van der Waals surface area contributed by atoms with Crippen LogP contribution >= 0.6 is 0 Å². The van der Waals surface area contributed by atoms with Gasteiger partial charge in [0.05, 0.1) is 6.04 Å². The van der Waals surface area contributed by atoms with Gasteiger partial charge >= 0.3 is 6.61 Å². The van der Waals surface area contributed by atoms with E-state index in [1.807, 2.05) is 27.7 Å². The van der Waals surface area contributed by atoms with Gasteiger partial charge in [0, 0.05) is 11.4 Å².